The van der Waals surface area contributed by atoms with E-state index in [1.807, 2.05) is 0 Å². The van der Waals surface area contributed by atoms with E-state index in [1.165, 1.54) is 97.9 Å². The first-order valence-electron chi connectivity index (χ1n) is 17.7. The fourth-order valence-electron chi connectivity index (χ4n) is 8.66. The van der Waals surface area contributed by atoms with Crippen molar-refractivity contribution in [2.75, 3.05) is 0 Å². The molecular weight excluding hydrogens is 615 g/mol. The SMILES string of the molecule is c1ccc(-c2ccc3c4ccc(-c5ccc6c(c5)c5ccccc5c5c7ccccc7c7ccccc7c65)cc4n(-c4ccccc4)c3c2)cc1. The largest absolute Gasteiger partial charge is 0.309 e. The van der Waals surface area contributed by atoms with Crippen LogP contribution in [0.5, 0.6) is 0 Å². The van der Waals surface area contributed by atoms with Gasteiger partial charge in [0, 0.05) is 16.5 Å². The zero-order chi connectivity index (χ0) is 33.5. The molecular formula is C50H31N. The Bertz CT molecular complexity index is 3170. The summed E-state index contributed by atoms with van der Waals surface area (Å²) in [5, 5.41) is 15.6. The Kier molecular flexibility index (Phi) is 6.02. The Morgan fingerprint density at radius 2 is 0.608 bits per heavy atom. The van der Waals surface area contributed by atoms with Crippen molar-refractivity contribution in [1.82, 2.24) is 4.57 Å². The highest BCUT2D eigenvalue weighted by molar-refractivity contribution is 6.39. The minimum atomic E-state index is 1.16. The molecule has 1 heteroatoms. The molecule has 0 aliphatic carbocycles. The molecule has 0 aliphatic heterocycles. The lowest BCUT2D eigenvalue weighted by Gasteiger charge is -2.17. The van der Waals surface area contributed by atoms with Crippen molar-refractivity contribution in [3.8, 4) is 27.9 Å². The minimum Gasteiger partial charge on any atom is -0.309 e. The number of nitrogens with zero attached hydrogens (tertiary/aromatic N) is 1. The Morgan fingerprint density at radius 3 is 1.14 bits per heavy atom. The predicted molar refractivity (Wildman–Crippen MR) is 219 cm³/mol. The molecule has 11 aromatic rings. The molecule has 0 saturated heterocycles. The topological polar surface area (TPSA) is 4.93 Å². The lowest BCUT2D eigenvalue weighted by molar-refractivity contribution is 1.18. The molecule has 11 rings (SSSR count). The molecule has 51 heavy (non-hydrogen) atoms. The van der Waals surface area contributed by atoms with E-state index in [4.69, 9.17) is 0 Å². The maximum atomic E-state index is 2.43. The molecule has 236 valence electrons. The van der Waals surface area contributed by atoms with Crippen LogP contribution >= 0.6 is 0 Å². The summed E-state index contributed by atoms with van der Waals surface area (Å²) in [6.45, 7) is 0. The highest BCUT2D eigenvalue weighted by Crippen LogP contribution is 2.45. The number of fused-ring (bicyclic) bond motifs is 14. The molecule has 1 heterocycles. The third-order valence-corrected chi connectivity index (χ3v) is 10.9. The lowest BCUT2D eigenvalue weighted by atomic mass is 9.86. The number of benzene rings is 10. The van der Waals surface area contributed by atoms with Crippen molar-refractivity contribution in [2.45, 2.75) is 0 Å². The van der Waals surface area contributed by atoms with E-state index in [0.717, 1.165) is 5.69 Å². The van der Waals surface area contributed by atoms with Crippen molar-refractivity contribution in [3.05, 3.63) is 188 Å². The molecule has 1 nitrogen and oxygen atoms in total. The maximum absolute atomic E-state index is 2.43. The van der Waals surface area contributed by atoms with E-state index >= 15 is 0 Å². The van der Waals surface area contributed by atoms with Gasteiger partial charge < -0.3 is 4.57 Å². The fourth-order valence-corrected chi connectivity index (χ4v) is 8.66. The highest BCUT2D eigenvalue weighted by atomic mass is 15.0. The number of para-hydroxylation sites is 1. The van der Waals surface area contributed by atoms with Gasteiger partial charge >= 0.3 is 0 Å². The van der Waals surface area contributed by atoms with Gasteiger partial charge in [-0.15, -0.1) is 0 Å². The van der Waals surface area contributed by atoms with Gasteiger partial charge in [-0.2, -0.15) is 0 Å². The quantitative estimate of drug-likeness (QED) is 0.169. The summed E-state index contributed by atoms with van der Waals surface area (Å²) < 4.78 is 2.43. The predicted octanol–water partition coefficient (Wildman–Crippen LogP) is 13.9. The van der Waals surface area contributed by atoms with Gasteiger partial charge in [0.1, 0.15) is 0 Å². The van der Waals surface area contributed by atoms with Crippen molar-refractivity contribution in [3.63, 3.8) is 0 Å². The van der Waals surface area contributed by atoms with Gasteiger partial charge in [-0.25, -0.2) is 0 Å². The molecule has 0 unspecified atom stereocenters. The van der Waals surface area contributed by atoms with Crippen molar-refractivity contribution in [1.29, 1.82) is 0 Å². The Labute approximate surface area is 295 Å². The van der Waals surface area contributed by atoms with Crippen LogP contribution in [0.4, 0.5) is 0 Å². The second-order valence-corrected chi connectivity index (χ2v) is 13.6. The second kappa shape index (κ2) is 10.9. The van der Waals surface area contributed by atoms with E-state index in [2.05, 4.69) is 193 Å². The summed E-state index contributed by atoms with van der Waals surface area (Å²) in [4.78, 5) is 0. The van der Waals surface area contributed by atoms with E-state index in [9.17, 15) is 0 Å². The Balaban J connectivity index is 1.20. The van der Waals surface area contributed by atoms with Crippen molar-refractivity contribution in [2.24, 2.45) is 0 Å². The first-order valence-corrected chi connectivity index (χ1v) is 17.7. The van der Waals surface area contributed by atoms with Crippen LogP contribution in [0.15, 0.2) is 188 Å². The molecule has 0 atom stereocenters. The molecule has 0 fully saturated rings. The number of hydrogen-bond donors (Lipinski definition) is 0. The van der Waals surface area contributed by atoms with Gasteiger partial charge in [0.05, 0.1) is 11.0 Å². The van der Waals surface area contributed by atoms with Gasteiger partial charge in [-0.05, 0) is 106 Å². The molecule has 0 aliphatic rings. The van der Waals surface area contributed by atoms with Gasteiger partial charge in [-0.1, -0.05) is 158 Å². The zero-order valence-electron chi connectivity index (χ0n) is 27.8. The summed E-state index contributed by atoms with van der Waals surface area (Å²) in [7, 11) is 0. The Morgan fingerprint density at radius 1 is 0.235 bits per heavy atom. The molecule has 0 radical (unpaired) electrons. The Hall–Kier alpha value is -6.70. The van der Waals surface area contributed by atoms with Crippen LogP contribution in [0.2, 0.25) is 0 Å². The van der Waals surface area contributed by atoms with Crippen LogP contribution in [-0.4, -0.2) is 4.57 Å². The molecule has 10 aromatic carbocycles. The monoisotopic (exact) mass is 645 g/mol. The van der Waals surface area contributed by atoms with Gasteiger partial charge in [0.25, 0.3) is 0 Å². The average molecular weight is 646 g/mol. The standard InChI is InChI=1S/C50H31N/c1-3-13-32(14-4-1)34-23-26-40-41-27-24-35(31-48(41)51(47(40)30-34)36-15-5-2-6-16-36)33-25-28-45-46(29-33)39-19-9-12-22-44(39)49-42-20-10-7-17-37(42)38-18-8-11-21-43(38)50(45)49/h1-31H. The van der Waals surface area contributed by atoms with Crippen LogP contribution < -0.4 is 0 Å². The van der Waals surface area contributed by atoms with Crippen molar-refractivity contribution >= 4 is 75.7 Å². The van der Waals surface area contributed by atoms with Crippen LogP contribution in [0.1, 0.15) is 0 Å². The number of aromatic nitrogens is 1. The van der Waals surface area contributed by atoms with E-state index in [1.54, 1.807) is 0 Å². The van der Waals surface area contributed by atoms with Crippen LogP contribution in [-0.2, 0) is 0 Å². The van der Waals surface area contributed by atoms with E-state index in [0.29, 0.717) is 0 Å². The van der Waals surface area contributed by atoms with Gasteiger partial charge in [0.2, 0.25) is 0 Å². The zero-order valence-corrected chi connectivity index (χ0v) is 27.8. The third-order valence-electron chi connectivity index (χ3n) is 10.9. The molecule has 0 N–H and O–H groups in total. The summed E-state index contributed by atoms with van der Waals surface area (Å²) in [5.74, 6) is 0. The third kappa shape index (κ3) is 4.16. The number of rotatable bonds is 3. The smallest absolute Gasteiger partial charge is 0.0547 e. The normalized spacial score (nSPS) is 11.9. The molecule has 1 aromatic heterocycles. The fraction of sp³-hybridized carbons (Fsp3) is 0. The number of hydrogen-bond acceptors (Lipinski definition) is 0. The van der Waals surface area contributed by atoms with Crippen LogP contribution in [0, 0.1) is 0 Å². The average Bonchev–Trinajstić information content (AvgIpc) is 3.54. The van der Waals surface area contributed by atoms with Crippen molar-refractivity contribution < 1.29 is 0 Å². The highest BCUT2D eigenvalue weighted by Gasteiger charge is 2.18. The molecule has 0 saturated carbocycles. The molecule has 0 spiro atoms. The molecule has 0 amide bonds. The van der Waals surface area contributed by atoms with E-state index in [-0.39, 0.29) is 0 Å². The first kappa shape index (κ1) is 28.2. The summed E-state index contributed by atoms with van der Waals surface area (Å²) in [6, 6.07) is 69.2. The van der Waals surface area contributed by atoms with Gasteiger partial charge in [-0.3, -0.25) is 0 Å². The van der Waals surface area contributed by atoms with Gasteiger partial charge in [0.15, 0.2) is 0 Å². The van der Waals surface area contributed by atoms with Crippen LogP contribution in [0.25, 0.3) is 104 Å². The van der Waals surface area contributed by atoms with Crippen LogP contribution in [0.3, 0.4) is 0 Å². The first-order chi connectivity index (χ1) is 25.3. The maximum Gasteiger partial charge on any atom is 0.0547 e. The van der Waals surface area contributed by atoms with E-state index < -0.39 is 0 Å². The summed E-state index contributed by atoms with van der Waals surface area (Å²) in [5.41, 5.74) is 8.45. The summed E-state index contributed by atoms with van der Waals surface area (Å²) in [6.07, 6.45) is 0. The molecule has 0 bridgehead atoms. The second-order valence-electron chi connectivity index (χ2n) is 13.6. The summed E-state index contributed by atoms with van der Waals surface area (Å²) >= 11 is 0. The lowest BCUT2D eigenvalue weighted by Crippen LogP contribution is -1.94. The minimum absolute atomic E-state index is 1.16.